The van der Waals surface area contributed by atoms with Crippen LogP contribution in [0.2, 0.25) is 0 Å². The zero-order valence-electron chi connectivity index (χ0n) is 12.4. The highest BCUT2D eigenvalue weighted by atomic mass is 19.1. The summed E-state index contributed by atoms with van der Waals surface area (Å²) in [5, 5.41) is 0. The second-order valence-electron chi connectivity index (χ2n) is 5.27. The van der Waals surface area contributed by atoms with E-state index in [1.54, 1.807) is 12.1 Å². The molecule has 1 aromatic rings. The Balaban J connectivity index is 2.66. The number of benzene rings is 1. The van der Waals surface area contributed by atoms with Crippen molar-refractivity contribution in [3.05, 3.63) is 35.6 Å². The van der Waals surface area contributed by atoms with E-state index in [0.29, 0.717) is 6.04 Å². The Labute approximate surface area is 116 Å². The first-order valence-corrected chi connectivity index (χ1v) is 7.33. The van der Waals surface area contributed by atoms with Gasteiger partial charge in [-0.25, -0.2) is 4.39 Å². The van der Waals surface area contributed by atoms with E-state index < -0.39 is 0 Å². The highest BCUT2D eigenvalue weighted by Crippen LogP contribution is 2.16. The standard InChI is InChI=1S/C16H27FN2/c1-4-6-10-19(13(3)5-2)12-16(18)14-8-7-9-15(17)11-14/h7-9,11,13,16H,4-6,10,12,18H2,1-3H3. The fraction of sp³-hybridized carbons (Fsp3) is 0.625. The lowest BCUT2D eigenvalue weighted by Crippen LogP contribution is -2.39. The Morgan fingerprint density at radius 2 is 2.05 bits per heavy atom. The molecule has 0 amide bonds. The van der Waals surface area contributed by atoms with E-state index in [2.05, 4.69) is 25.7 Å². The minimum absolute atomic E-state index is 0.124. The highest BCUT2D eigenvalue weighted by Gasteiger charge is 2.16. The van der Waals surface area contributed by atoms with Gasteiger partial charge in [0.05, 0.1) is 0 Å². The summed E-state index contributed by atoms with van der Waals surface area (Å²) in [5.74, 6) is -0.211. The number of nitrogens with two attached hydrogens (primary N) is 1. The summed E-state index contributed by atoms with van der Waals surface area (Å²) < 4.78 is 13.2. The van der Waals surface area contributed by atoms with Crippen molar-refractivity contribution in [2.45, 2.75) is 52.1 Å². The van der Waals surface area contributed by atoms with Crippen LogP contribution in [0.3, 0.4) is 0 Å². The molecule has 0 saturated heterocycles. The Bertz CT molecular complexity index is 368. The molecule has 0 bridgehead atoms. The molecule has 0 aliphatic heterocycles. The molecule has 1 aromatic carbocycles. The molecule has 0 aliphatic rings. The van der Waals surface area contributed by atoms with Crippen molar-refractivity contribution in [3.8, 4) is 0 Å². The summed E-state index contributed by atoms with van der Waals surface area (Å²) >= 11 is 0. The maximum absolute atomic E-state index is 13.2. The van der Waals surface area contributed by atoms with Gasteiger partial charge in [-0.15, -0.1) is 0 Å². The number of hydrogen-bond acceptors (Lipinski definition) is 2. The van der Waals surface area contributed by atoms with Gasteiger partial charge in [-0.3, -0.25) is 4.90 Å². The van der Waals surface area contributed by atoms with Crippen molar-refractivity contribution in [1.82, 2.24) is 4.90 Å². The van der Waals surface area contributed by atoms with Gasteiger partial charge in [-0.1, -0.05) is 32.4 Å². The molecule has 0 spiro atoms. The third-order valence-corrected chi connectivity index (χ3v) is 3.72. The minimum Gasteiger partial charge on any atom is -0.323 e. The Kier molecular flexibility index (Phi) is 7.03. The average Bonchev–Trinajstić information content (AvgIpc) is 2.42. The molecular weight excluding hydrogens is 239 g/mol. The number of rotatable bonds is 8. The second-order valence-corrected chi connectivity index (χ2v) is 5.27. The number of unbranched alkanes of at least 4 members (excludes halogenated alkanes) is 1. The fourth-order valence-electron chi connectivity index (χ4n) is 2.21. The average molecular weight is 266 g/mol. The molecule has 19 heavy (non-hydrogen) atoms. The van der Waals surface area contributed by atoms with Crippen LogP contribution >= 0.6 is 0 Å². The molecule has 108 valence electrons. The first-order valence-electron chi connectivity index (χ1n) is 7.33. The fourth-order valence-corrected chi connectivity index (χ4v) is 2.21. The van der Waals surface area contributed by atoms with Crippen LogP contribution < -0.4 is 5.73 Å². The summed E-state index contributed by atoms with van der Waals surface area (Å²) in [5.41, 5.74) is 7.10. The van der Waals surface area contributed by atoms with Gasteiger partial charge in [-0.05, 0) is 44.0 Å². The van der Waals surface area contributed by atoms with Gasteiger partial charge in [0.2, 0.25) is 0 Å². The van der Waals surface area contributed by atoms with E-state index in [9.17, 15) is 4.39 Å². The molecular formula is C16H27FN2. The quantitative estimate of drug-likeness (QED) is 0.777. The van der Waals surface area contributed by atoms with Crippen molar-refractivity contribution in [2.24, 2.45) is 5.73 Å². The molecule has 0 saturated carbocycles. The van der Waals surface area contributed by atoms with Gasteiger partial charge in [-0.2, -0.15) is 0 Å². The zero-order chi connectivity index (χ0) is 14.3. The molecule has 0 radical (unpaired) electrons. The molecule has 0 aromatic heterocycles. The third-order valence-electron chi connectivity index (χ3n) is 3.72. The SMILES string of the molecule is CCCCN(CC(N)c1cccc(F)c1)C(C)CC. The summed E-state index contributed by atoms with van der Waals surface area (Å²) in [6.45, 7) is 8.47. The highest BCUT2D eigenvalue weighted by molar-refractivity contribution is 5.20. The van der Waals surface area contributed by atoms with E-state index in [0.717, 1.165) is 25.1 Å². The van der Waals surface area contributed by atoms with Crippen LogP contribution in [0.1, 0.15) is 51.6 Å². The smallest absolute Gasteiger partial charge is 0.123 e. The molecule has 2 nitrogen and oxygen atoms in total. The van der Waals surface area contributed by atoms with Crippen LogP contribution in [0.5, 0.6) is 0 Å². The summed E-state index contributed by atoms with van der Waals surface area (Å²) in [7, 11) is 0. The minimum atomic E-state index is -0.211. The van der Waals surface area contributed by atoms with E-state index >= 15 is 0 Å². The molecule has 2 unspecified atom stereocenters. The Morgan fingerprint density at radius 1 is 1.32 bits per heavy atom. The van der Waals surface area contributed by atoms with Gasteiger partial charge in [0.15, 0.2) is 0 Å². The van der Waals surface area contributed by atoms with Crippen LogP contribution in [-0.4, -0.2) is 24.0 Å². The third kappa shape index (κ3) is 5.29. The molecule has 0 heterocycles. The van der Waals surface area contributed by atoms with Gasteiger partial charge in [0.1, 0.15) is 5.82 Å². The number of halogens is 1. The number of hydrogen-bond donors (Lipinski definition) is 1. The van der Waals surface area contributed by atoms with Gasteiger partial charge >= 0.3 is 0 Å². The first kappa shape index (κ1) is 16.1. The van der Waals surface area contributed by atoms with Crippen molar-refractivity contribution in [1.29, 1.82) is 0 Å². The topological polar surface area (TPSA) is 29.3 Å². The molecule has 2 atom stereocenters. The Morgan fingerprint density at radius 3 is 2.63 bits per heavy atom. The van der Waals surface area contributed by atoms with Gasteiger partial charge < -0.3 is 5.73 Å². The van der Waals surface area contributed by atoms with Gasteiger partial charge in [0.25, 0.3) is 0 Å². The summed E-state index contributed by atoms with van der Waals surface area (Å²) in [6, 6.07) is 7.03. The van der Waals surface area contributed by atoms with E-state index in [-0.39, 0.29) is 11.9 Å². The maximum atomic E-state index is 13.2. The summed E-state index contributed by atoms with van der Waals surface area (Å²) in [6.07, 6.45) is 3.47. The van der Waals surface area contributed by atoms with Crippen molar-refractivity contribution < 1.29 is 4.39 Å². The normalized spacial score (nSPS) is 14.6. The number of nitrogens with zero attached hydrogens (tertiary/aromatic N) is 1. The van der Waals surface area contributed by atoms with Crippen molar-refractivity contribution in [2.75, 3.05) is 13.1 Å². The molecule has 1 rings (SSSR count). The first-order chi connectivity index (χ1) is 9.08. The van der Waals surface area contributed by atoms with Crippen LogP contribution in [0.15, 0.2) is 24.3 Å². The lowest BCUT2D eigenvalue weighted by atomic mass is 10.1. The summed E-state index contributed by atoms with van der Waals surface area (Å²) in [4.78, 5) is 2.42. The largest absolute Gasteiger partial charge is 0.323 e. The second kappa shape index (κ2) is 8.28. The predicted molar refractivity (Wildman–Crippen MR) is 79.6 cm³/mol. The molecule has 0 fully saturated rings. The van der Waals surface area contributed by atoms with Crippen molar-refractivity contribution >= 4 is 0 Å². The van der Waals surface area contributed by atoms with Gasteiger partial charge in [0, 0.05) is 18.6 Å². The lowest BCUT2D eigenvalue weighted by molar-refractivity contribution is 0.189. The van der Waals surface area contributed by atoms with E-state index in [1.165, 1.54) is 18.9 Å². The van der Waals surface area contributed by atoms with Crippen LogP contribution in [0, 0.1) is 5.82 Å². The van der Waals surface area contributed by atoms with E-state index in [4.69, 9.17) is 5.73 Å². The molecule has 2 N–H and O–H groups in total. The Hall–Kier alpha value is -0.930. The van der Waals surface area contributed by atoms with Crippen LogP contribution in [0.25, 0.3) is 0 Å². The molecule has 3 heteroatoms. The zero-order valence-corrected chi connectivity index (χ0v) is 12.4. The van der Waals surface area contributed by atoms with Crippen molar-refractivity contribution in [3.63, 3.8) is 0 Å². The van der Waals surface area contributed by atoms with E-state index in [1.807, 2.05) is 6.07 Å². The monoisotopic (exact) mass is 266 g/mol. The predicted octanol–water partition coefficient (Wildman–Crippen LogP) is 3.73. The maximum Gasteiger partial charge on any atom is 0.123 e. The van der Waals surface area contributed by atoms with Crippen LogP contribution in [0.4, 0.5) is 4.39 Å². The van der Waals surface area contributed by atoms with Crippen LogP contribution in [-0.2, 0) is 0 Å². The lowest BCUT2D eigenvalue weighted by Gasteiger charge is -2.31. The molecule has 0 aliphatic carbocycles.